The van der Waals surface area contributed by atoms with Gasteiger partial charge in [-0.05, 0) is 17.7 Å². The van der Waals surface area contributed by atoms with Gasteiger partial charge in [0.15, 0.2) is 18.1 Å². The number of fused-ring (bicyclic) bond motifs is 1. The van der Waals surface area contributed by atoms with Crippen LogP contribution in [0.4, 0.5) is 0 Å². The van der Waals surface area contributed by atoms with Crippen LogP contribution in [0.1, 0.15) is 5.56 Å². The molecule has 2 aromatic rings. The molecule has 108 valence electrons. The van der Waals surface area contributed by atoms with Crippen molar-refractivity contribution in [2.75, 3.05) is 13.4 Å². The number of carbonyl (C=O) groups is 1. The van der Waals surface area contributed by atoms with Gasteiger partial charge in [0.2, 0.25) is 6.79 Å². The number of hydrogen-bond donors (Lipinski definition) is 1. The topological polar surface area (TPSA) is 56.8 Å². The predicted molar refractivity (Wildman–Crippen MR) is 76.3 cm³/mol. The van der Waals surface area contributed by atoms with E-state index in [9.17, 15) is 4.79 Å². The smallest absolute Gasteiger partial charge is 0.258 e. The van der Waals surface area contributed by atoms with Crippen LogP contribution in [0, 0.1) is 0 Å². The lowest BCUT2D eigenvalue weighted by Gasteiger charge is -2.08. The zero-order chi connectivity index (χ0) is 14.5. The van der Waals surface area contributed by atoms with E-state index in [2.05, 4.69) is 5.32 Å². The van der Waals surface area contributed by atoms with Crippen LogP contribution in [0.3, 0.4) is 0 Å². The third-order valence-corrected chi connectivity index (χ3v) is 3.05. The van der Waals surface area contributed by atoms with Crippen molar-refractivity contribution in [2.24, 2.45) is 0 Å². The Morgan fingerprint density at radius 1 is 1.10 bits per heavy atom. The Morgan fingerprint density at radius 2 is 1.90 bits per heavy atom. The van der Waals surface area contributed by atoms with Crippen LogP contribution in [-0.2, 0) is 11.3 Å². The molecule has 2 aromatic carbocycles. The van der Waals surface area contributed by atoms with Gasteiger partial charge in [-0.15, -0.1) is 0 Å². The molecule has 0 bridgehead atoms. The molecule has 5 heteroatoms. The highest BCUT2D eigenvalue weighted by molar-refractivity contribution is 5.77. The first-order valence-electron chi connectivity index (χ1n) is 6.64. The summed E-state index contributed by atoms with van der Waals surface area (Å²) in [6.45, 7) is 0.674. The minimum Gasteiger partial charge on any atom is -0.484 e. The molecule has 3 rings (SSSR count). The van der Waals surface area contributed by atoms with Crippen LogP contribution in [0.2, 0.25) is 0 Å². The summed E-state index contributed by atoms with van der Waals surface area (Å²) in [6.07, 6.45) is 0. The zero-order valence-electron chi connectivity index (χ0n) is 11.4. The number of benzene rings is 2. The molecule has 0 unspecified atom stereocenters. The molecule has 1 aliphatic heterocycles. The van der Waals surface area contributed by atoms with Gasteiger partial charge in [0, 0.05) is 12.6 Å². The van der Waals surface area contributed by atoms with Crippen LogP contribution in [-0.4, -0.2) is 19.3 Å². The fraction of sp³-hybridized carbons (Fsp3) is 0.188. The highest BCUT2D eigenvalue weighted by atomic mass is 16.7. The van der Waals surface area contributed by atoms with Gasteiger partial charge < -0.3 is 19.5 Å². The minimum absolute atomic E-state index is 0.0352. The second-order valence-electron chi connectivity index (χ2n) is 4.57. The normalized spacial score (nSPS) is 12.0. The van der Waals surface area contributed by atoms with E-state index in [0.717, 1.165) is 5.56 Å². The van der Waals surface area contributed by atoms with Crippen molar-refractivity contribution in [3.63, 3.8) is 0 Å². The van der Waals surface area contributed by atoms with Crippen molar-refractivity contribution in [1.82, 2.24) is 5.32 Å². The van der Waals surface area contributed by atoms with Crippen LogP contribution in [0.5, 0.6) is 17.2 Å². The Bertz CT molecular complexity index is 627. The van der Waals surface area contributed by atoms with Crippen molar-refractivity contribution < 1.29 is 19.0 Å². The molecule has 1 amide bonds. The Kier molecular flexibility index (Phi) is 3.91. The van der Waals surface area contributed by atoms with Crippen molar-refractivity contribution >= 4 is 5.91 Å². The second-order valence-corrected chi connectivity index (χ2v) is 4.57. The number of rotatable bonds is 5. The molecule has 0 saturated heterocycles. The van der Waals surface area contributed by atoms with Crippen LogP contribution in [0.15, 0.2) is 48.5 Å². The Labute approximate surface area is 122 Å². The maximum absolute atomic E-state index is 11.7. The molecule has 1 heterocycles. The second kappa shape index (κ2) is 6.17. The predicted octanol–water partition coefficient (Wildman–Crippen LogP) is 2.11. The van der Waals surface area contributed by atoms with E-state index in [1.807, 2.05) is 30.3 Å². The summed E-state index contributed by atoms with van der Waals surface area (Å²) in [5.41, 5.74) is 1.05. The van der Waals surface area contributed by atoms with Gasteiger partial charge in [-0.25, -0.2) is 0 Å². The Morgan fingerprint density at radius 3 is 2.76 bits per heavy atom. The van der Waals surface area contributed by atoms with Gasteiger partial charge in [0.1, 0.15) is 5.75 Å². The van der Waals surface area contributed by atoms with E-state index >= 15 is 0 Å². The van der Waals surface area contributed by atoms with E-state index in [1.54, 1.807) is 18.2 Å². The lowest BCUT2D eigenvalue weighted by molar-refractivity contribution is -0.123. The van der Waals surface area contributed by atoms with Gasteiger partial charge in [-0.3, -0.25) is 4.79 Å². The molecule has 21 heavy (non-hydrogen) atoms. The monoisotopic (exact) mass is 285 g/mol. The van der Waals surface area contributed by atoms with Crippen LogP contribution < -0.4 is 19.5 Å². The Hall–Kier alpha value is -2.69. The number of amides is 1. The van der Waals surface area contributed by atoms with Gasteiger partial charge in [-0.2, -0.15) is 0 Å². The first-order valence-corrected chi connectivity index (χ1v) is 6.64. The van der Waals surface area contributed by atoms with E-state index in [-0.39, 0.29) is 19.3 Å². The van der Waals surface area contributed by atoms with Gasteiger partial charge in [-0.1, -0.05) is 30.3 Å². The van der Waals surface area contributed by atoms with Gasteiger partial charge in [0.25, 0.3) is 5.91 Å². The molecule has 0 saturated carbocycles. The lowest BCUT2D eigenvalue weighted by atomic mass is 10.2. The molecular formula is C16H15NO4. The van der Waals surface area contributed by atoms with Crippen LogP contribution in [0.25, 0.3) is 0 Å². The highest BCUT2D eigenvalue weighted by Gasteiger charge is 2.14. The SMILES string of the molecule is O=C(COc1ccc2c(c1)OCO2)NCc1ccccc1. The first-order chi connectivity index (χ1) is 10.3. The average Bonchev–Trinajstić information content (AvgIpc) is 2.99. The summed E-state index contributed by atoms with van der Waals surface area (Å²) in [4.78, 5) is 11.7. The maximum Gasteiger partial charge on any atom is 0.258 e. The lowest BCUT2D eigenvalue weighted by Crippen LogP contribution is -2.28. The largest absolute Gasteiger partial charge is 0.484 e. The number of ether oxygens (including phenoxy) is 3. The zero-order valence-corrected chi connectivity index (χ0v) is 11.4. The fourth-order valence-corrected chi connectivity index (χ4v) is 1.96. The summed E-state index contributed by atoms with van der Waals surface area (Å²) < 4.78 is 15.9. The molecule has 5 nitrogen and oxygen atoms in total. The third kappa shape index (κ3) is 3.45. The van der Waals surface area contributed by atoms with E-state index in [1.165, 1.54) is 0 Å². The molecular weight excluding hydrogens is 270 g/mol. The standard InChI is InChI=1S/C16H15NO4/c18-16(17-9-12-4-2-1-3-5-12)10-19-13-6-7-14-15(8-13)21-11-20-14/h1-8H,9-11H2,(H,17,18). The highest BCUT2D eigenvalue weighted by Crippen LogP contribution is 2.34. The average molecular weight is 285 g/mol. The van der Waals surface area contributed by atoms with E-state index in [0.29, 0.717) is 23.8 Å². The van der Waals surface area contributed by atoms with Gasteiger partial charge in [0.05, 0.1) is 0 Å². The minimum atomic E-state index is -0.170. The summed E-state index contributed by atoms with van der Waals surface area (Å²) in [6, 6.07) is 14.9. The van der Waals surface area contributed by atoms with Gasteiger partial charge >= 0.3 is 0 Å². The van der Waals surface area contributed by atoms with Crippen molar-refractivity contribution in [3.8, 4) is 17.2 Å². The molecule has 1 aliphatic rings. The molecule has 0 aliphatic carbocycles. The van der Waals surface area contributed by atoms with E-state index in [4.69, 9.17) is 14.2 Å². The maximum atomic E-state index is 11.7. The molecule has 0 aromatic heterocycles. The summed E-state index contributed by atoms with van der Waals surface area (Å²) >= 11 is 0. The number of carbonyl (C=O) groups excluding carboxylic acids is 1. The third-order valence-electron chi connectivity index (χ3n) is 3.05. The molecule has 0 radical (unpaired) electrons. The molecule has 1 N–H and O–H groups in total. The Balaban J connectivity index is 1.47. The quantitative estimate of drug-likeness (QED) is 0.914. The molecule has 0 atom stereocenters. The van der Waals surface area contributed by atoms with Crippen molar-refractivity contribution in [2.45, 2.75) is 6.54 Å². The fourth-order valence-electron chi connectivity index (χ4n) is 1.96. The van der Waals surface area contributed by atoms with Crippen molar-refractivity contribution in [1.29, 1.82) is 0 Å². The number of hydrogen-bond acceptors (Lipinski definition) is 4. The number of nitrogens with one attached hydrogen (secondary N) is 1. The van der Waals surface area contributed by atoms with Crippen molar-refractivity contribution in [3.05, 3.63) is 54.1 Å². The summed E-state index contributed by atoms with van der Waals surface area (Å²) in [5, 5.41) is 2.80. The molecule has 0 fully saturated rings. The molecule has 0 spiro atoms. The summed E-state index contributed by atoms with van der Waals surface area (Å²) in [5.74, 6) is 1.73. The summed E-state index contributed by atoms with van der Waals surface area (Å²) in [7, 11) is 0. The first kappa shape index (κ1) is 13.3. The van der Waals surface area contributed by atoms with Crippen LogP contribution >= 0.6 is 0 Å². The van der Waals surface area contributed by atoms with E-state index < -0.39 is 0 Å².